The highest BCUT2D eigenvalue weighted by Gasteiger charge is 1.97. The minimum Gasteiger partial charge on any atom is -0.307 e. The minimum atomic E-state index is 0.612. The van der Waals surface area contributed by atoms with Crippen LogP contribution >= 0.6 is 11.8 Å². The van der Waals surface area contributed by atoms with Gasteiger partial charge in [0.2, 0.25) is 0 Å². The van der Waals surface area contributed by atoms with E-state index in [9.17, 15) is 0 Å². The molecule has 0 spiro atoms. The summed E-state index contributed by atoms with van der Waals surface area (Å²) in [7, 11) is 0. The number of rotatable bonds is 5. The van der Waals surface area contributed by atoms with Crippen LogP contribution in [0.15, 0.2) is 17.4 Å². The summed E-state index contributed by atoms with van der Waals surface area (Å²) >= 11 is 1.71. The molecule has 13 heavy (non-hydrogen) atoms. The number of hydrogen-bond donors (Lipinski definition) is 2. The van der Waals surface area contributed by atoms with Gasteiger partial charge >= 0.3 is 0 Å². The second kappa shape index (κ2) is 5.77. The second-order valence-electron chi connectivity index (χ2n) is 2.59. The van der Waals surface area contributed by atoms with Crippen molar-refractivity contribution in [3.05, 3.63) is 12.4 Å². The average Bonchev–Trinajstić information content (AvgIpc) is 2.19. The minimum absolute atomic E-state index is 0.612. The van der Waals surface area contributed by atoms with Gasteiger partial charge in [0, 0.05) is 0 Å². The lowest BCUT2D eigenvalue weighted by molar-refractivity contribution is 0.893. The van der Waals surface area contributed by atoms with Crippen LogP contribution in [0.4, 0.5) is 5.82 Å². The fraction of sp³-hybridized carbons (Fsp3) is 0.500. The van der Waals surface area contributed by atoms with Gasteiger partial charge in [-0.3, -0.25) is 4.98 Å². The van der Waals surface area contributed by atoms with E-state index < -0.39 is 0 Å². The number of nitrogens with zero attached hydrogens (tertiary/aromatic N) is 2. The van der Waals surface area contributed by atoms with Crippen molar-refractivity contribution < 1.29 is 0 Å². The van der Waals surface area contributed by atoms with E-state index in [0.29, 0.717) is 5.82 Å². The van der Waals surface area contributed by atoms with Gasteiger partial charge in [-0.05, 0) is 12.2 Å². The van der Waals surface area contributed by atoms with Crippen molar-refractivity contribution in [3.8, 4) is 0 Å². The highest BCUT2D eigenvalue weighted by atomic mass is 32.2. The Hall–Kier alpha value is -0.810. The maximum atomic E-state index is 5.21. The maximum absolute atomic E-state index is 5.21. The van der Waals surface area contributed by atoms with Crippen molar-refractivity contribution in [1.82, 2.24) is 9.97 Å². The molecule has 1 heterocycles. The molecule has 3 N–H and O–H groups in total. The summed E-state index contributed by atoms with van der Waals surface area (Å²) in [4.78, 5) is 8.24. The molecule has 0 aliphatic heterocycles. The standard InChI is InChI=1S/C8H14N4S/c1-2-3-4-13-8-6-10-5-7(11-8)12-9/h5-6H,2-4,9H2,1H3,(H,11,12). The fourth-order valence-corrected chi connectivity index (χ4v) is 1.75. The predicted molar refractivity (Wildman–Crippen MR) is 55.5 cm³/mol. The molecule has 0 saturated carbocycles. The third-order valence-corrected chi connectivity index (χ3v) is 2.49. The Labute approximate surface area is 82.3 Å². The van der Waals surface area contributed by atoms with E-state index in [-0.39, 0.29) is 0 Å². The van der Waals surface area contributed by atoms with Gasteiger partial charge in [0.25, 0.3) is 0 Å². The van der Waals surface area contributed by atoms with E-state index in [1.54, 1.807) is 24.2 Å². The third kappa shape index (κ3) is 3.61. The predicted octanol–water partition coefficient (Wildman–Crippen LogP) is 1.65. The number of hydrazine groups is 1. The third-order valence-electron chi connectivity index (χ3n) is 1.51. The number of aromatic nitrogens is 2. The van der Waals surface area contributed by atoms with Crippen LogP contribution in [0.25, 0.3) is 0 Å². The molecule has 0 aliphatic carbocycles. The van der Waals surface area contributed by atoms with Gasteiger partial charge in [-0.2, -0.15) is 0 Å². The van der Waals surface area contributed by atoms with Gasteiger partial charge in [0.05, 0.1) is 12.4 Å². The highest BCUT2D eigenvalue weighted by Crippen LogP contribution is 2.16. The van der Waals surface area contributed by atoms with Crippen LogP contribution in [0, 0.1) is 0 Å². The molecule has 1 aromatic rings. The van der Waals surface area contributed by atoms with Crippen molar-refractivity contribution in [2.24, 2.45) is 5.84 Å². The van der Waals surface area contributed by atoms with Crippen LogP contribution in [-0.4, -0.2) is 15.7 Å². The zero-order chi connectivity index (χ0) is 9.52. The van der Waals surface area contributed by atoms with Crippen LogP contribution < -0.4 is 11.3 Å². The number of nitrogens with one attached hydrogen (secondary N) is 1. The van der Waals surface area contributed by atoms with Crippen molar-refractivity contribution >= 4 is 17.6 Å². The summed E-state index contributed by atoms with van der Waals surface area (Å²) in [5.41, 5.74) is 2.47. The Morgan fingerprint density at radius 1 is 1.54 bits per heavy atom. The zero-order valence-corrected chi connectivity index (χ0v) is 8.47. The summed E-state index contributed by atoms with van der Waals surface area (Å²) in [5, 5.41) is 0.920. The molecule has 4 nitrogen and oxygen atoms in total. The van der Waals surface area contributed by atoms with Crippen LogP contribution in [0.1, 0.15) is 19.8 Å². The van der Waals surface area contributed by atoms with Crippen molar-refractivity contribution in [3.63, 3.8) is 0 Å². The molecule has 0 bridgehead atoms. The SMILES string of the molecule is CCCCSc1cncc(NN)n1. The Balaban J connectivity index is 2.46. The molecule has 0 aromatic carbocycles. The lowest BCUT2D eigenvalue weighted by Gasteiger charge is -2.01. The van der Waals surface area contributed by atoms with E-state index in [0.717, 1.165) is 10.8 Å². The molecule has 0 unspecified atom stereocenters. The summed E-state index contributed by atoms with van der Waals surface area (Å²) in [6, 6.07) is 0. The van der Waals surface area contributed by atoms with E-state index in [1.807, 2.05) is 0 Å². The van der Waals surface area contributed by atoms with Crippen molar-refractivity contribution in [1.29, 1.82) is 0 Å². The number of nitrogen functional groups attached to an aromatic ring is 1. The summed E-state index contributed by atoms with van der Waals surface area (Å²) in [6.07, 6.45) is 5.76. The van der Waals surface area contributed by atoms with Crippen LogP contribution in [0.5, 0.6) is 0 Å². The summed E-state index contributed by atoms with van der Waals surface area (Å²) < 4.78 is 0. The van der Waals surface area contributed by atoms with Crippen LogP contribution in [0.2, 0.25) is 0 Å². The Kier molecular flexibility index (Phi) is 4.56. The zero-order valence-electron chi connectivity index (χ0n) is 7.66. The first-order valence-electron chi connectivity index (χ1n) is 4.28. The van der Waals surface area contributed by atoms with Gasteiger partial charge in [-0.1, -0.05) is 13.3 Å². The topological polar surface area (TPSA) is 63.8 Å². The molecule has 0 fully saturated rings. The quantitative estimate of drug-likeness (QED) is 0.326. The molecule has 0 radical (unpaired) electrons. The molecule has 5 heteroatoms. The first-order valence-corrected chi connectivity index (χ1v) is 5.27. The highest BCUT2D eigenvalue weighted by molar-refractivity contribution is 7.99. The molecule has 1 rings (SSSR count). The molecule has 0 aliphatic rings. The lowest BCUT2D eigenvalue weighted by Crippen LogP contribution is -2.08. The molecule has 72 valence electrons. The molecular formula is C8H14N4S. The maximum Gasteiger partial charge on any atom is 0.159 e. The second-order valence-corrected chi connectivity index (χ2v) is 3.70. The average molecular weight is 198 g/mol. The van der Waals surface area contributed by atoms with Gasteiger partial charge in [-0.25, -0.2) is 10.8 Å². The molecule has 0 atom stereocenters. The molecular weight excluding hydrogens is 184 g/mol. The van der Waals surface area contributed by atoms with E-state index in [4.69, 9.17) is 5.84 Å². The van der Waals surface area contributed by atoms with Gasteiger partial charge in [0.1, 0.15) is 5.03 Å². The molecule has 0 amide bonds. The summed E-state index contributed by atoms with van der Waals surface area (Å²) in [6.45, 7) is 2.17. The van der Waals surface area contributed by atoms with Crippen molar-refractivity contribution in [2.45, 2.75) is 24.8 Å². The van der Waals surface area contributed by atoms with Crippen LogP contribution in [0.3, 0.4) is 0 Å². The van der Waals surface area contributed by atoms with Gasteiger partial charge < -0.3 is 5.43 Å². The van der Waals surface area contributed by atoms with E-state index in [2.05, 4.69) is 22.3 Å². The number of hydrogen-bond acceptors (Lipinski definition) is 5. The number of thioether (sulfide) groups is 1. The normalized spacial score (nSPS) is 10.0. The molecule has 0 saturated heterocycles. The molecule has 1 aromatic heterocycles. The first-order chi connectivity index (χ1) is 6.36. The fourth-order valence-electron chi connectivity index (χ4n) is 0.808. The number of nitrogens with two attached hydrogens (primary N) is 1. The Morgan fingerprint density at radius 2 is 2.38 bits per heavy atom. The lowest BCUT2D eigenvalue weighted by atomic mass is 10.4. The number of unbranched alkanes of at least 4 members (excludes halogenated alkanes) is 1. The number of anilines is 1. The van der Waals surface area contributed by atoms with Crippen LogP contribution in [-0.2, 0) is 0 Å². The Morgan fingerprint density at radius 3 is 3.08 bits per heavy atom. The monoisotopic (exact) mass is 198 g/mol. The van der Waals surface area contributed by atoms with E-state index >= 15 is 0 Å². The van der Waals surface area contributed by atoms with Gasteiger partial charge in [0.15, 0.2) is 5.82 Å². The Bertz CT molecular complexity index is 254. The van der Waals surface area contributed by atoms with Crippen molar-refractivity contribution in [2.75, 3.05) is 11.2 Å². The first kappa shape index (κ1) is 10.3. The smallest absolute Gasteiger partial charge is 0.159 e. The van der Waals surface area contributed by atoms with Gasteiger partial charge in [-0.15, -0.1) is 11.8 Å². The summed E-state index contributed by atoms with van der Waals surface area (Å²) in [5.74, 6) is 6.91. The van der Waals surface area contributed by atoms with E-state index in [1.165, 1.54) is 12.8 Å². The largest absolute Gasteiger partial charge is 0.307 e.